The van der Waals surface area contributed by atoms with Crippen LogP contribution in [0.5, 0.6) is 0 Å². The number of likely N-dealkylation sites (N-methyl/N-ethyl adjacent to an activating group) is 1. The van der Waals surface area contributed by atoms with E-state index in [1.807, 2.05) is 35.2 Å². The second-order valence-electron chi connectivity index (χ2n) is 5.16. The highest BCUT2D eigenvalue weighted by Gasteiger charge is 2.26. The topological polar surface area (TPSA) is 78.7 Å². The molecule has 0 radical (unpaired) electrons. The van der Waals surface area contributed by atoms with Gasteiger partial charge >= 0.3 is 0 Å². The molecule has 1 aliphatic heterocycles. The smallest absolute Gasteiger partial charge is 0.244 e. The molecule has 7 heteroatoms. The molecule has 122 valence electrons. The Morgan fingerprint density at radius 3 is 2.32 bits per heavy atom. The Labute approximate surface area is 137 Å². The van der Waals surface area contributed by atoms with Crippen molar-refractivity contribution in [2.45, 2.75) is 6.04 Å². The van der Waals surface area contributed by atoms with Crippen molar-refractivity contribution in [2.75, 3.05) is 39.8 Å². The van der Waals surface area contributed by atoms with Crippen LogP contribution in [-0.4, -0.2) is 61.4 Å². The Bertz CT molecular complexity index is 490. The van der Waals surface area contributed by atoms with Crippen LogP contribution in [-0.2, 0) is 9.59 Å². The maximum absolute atomic E-state index is 12.4. The third kappa shape index (κ3) is 4.69. The number of amides is 2. The van der Waals surface area contributed by atoms with Crippen molar-refractivity contribution in [1.29, 1.82) is 0 Å². The molecule has 0 saturated carbocycles. The second kappa shape index (κ2) is 8.73. The van der Waals surface area contributed by atoms with Crippen molar-refractivity contribution in [3.63, 3.8) is 0 Å². The first kappa shape index (κ1) is 18.4. The van der Waals surface area contributed by atoms with Gasteiger partial charge in [-0.15, -0.1) is 12.4 Å². The Kier molecular flexibility index (Phi) is 7.31. The van der Waals surface area contributed by atoms with Crippen molar-refractivity contribution >= 4 is 24.2 Å². The van der Waals surface area contributed by atoms with E-state index in [1.54, 1.807) is 11.9 Å². The molecule has 0 aliphatic carbocycles. The zero-order chi connectivity index (χ0) is 15.2. The fourth-order valence-electron chi connectivity index (χ4n) is 2.41. The molecule has 1 aromatic rings. The van der Waals surface area contributed by atoms with Gasteiger partial charge < -0.3 is 16.0 Å². The molecule has 6 nitrogen and oxygen atoms in total. The molecule has 22 heavy (non-hydrogen) atoms. The fourth-order valence-corrected chi connectivity index (χ4v) is 2.41. The highest BCUT2D eigenvalue weighted by Crippen LogP contribution is 2.14. The second-order valence-corrected chi connectivity index (χ2v) is 5.16. The van der Waals surface area contributed by atoms with E-state index in [0.29, 0.717) is 32.7 Å². The van der Waals surface area contributed by atoms with E-state index in [-0.39, 0.29) is 24.2 Å². The predicted molar refractivity (Wildman–Crippen MR) is 87.7 cm³/mol. The highest BCUT2D eigenvalue weighted by atomic mass is 35.5. The first-order valence-corrected chi connectivity index (χ1v) is 7.14. The summed E-state index contributed by atoms with van der Waals surface area (Å²) in [6.07, 6.45) is 0. The van der Waals surface area contributed by atoms with E-state index in [4.69, 9.17) is 5.73 Å². The standard InChI is InChI=1S/C15H22N4O2.ClH/c1-17-13(20)11-18-7-9-19(10-8-18)15(21)14(16)12-5-3-2-4-6-12;/h2-6,14H,7-11,16H2,1H3,(H,17,20);1H. The number of carbonyl (C=O) groups is 2. The third-order valence-electron chi connectivity index (χ3n) is 3.75. The van der Waals surface area contributed by atoms with E-state index in [1.165, 1.54) is 0 Å². The summed E-state index contributed by atoms with van der Waals surface area (Å²) in [4.78, 5) is 27.5. The summed E-state index contributed by atoms with van der Waals surface area (Å²) in [6, 6.07) is 8.78. The summed E-state index contributed by atoms with van der Waals surface area (Å²) in [6.45, 7) is 2.98. The van der Waals surface area contributed by atoms with Crippen LogP contribution in [0, 0.1) is 0 Å². The van der Waals surface area contributed by atoms with E-state index in [2.05, 4.69) is 5.32 Å². The van der Waals surface area contributed by atoms with Gasteiger partial charge in [0.2, 0.25) is 11.8 Å². The molecule has 1 heterocycles. The maximum Gasteiger partial charge on any atom is 0.244 e. The first-order valence-electron chi connectivity index (χ1n) is 7.14. The SMILES string of the molecule is CNC(=O)CN1CCN(C(=O)C(N)c2ccccc2)CC1.Cl. The largest absolute Gasteiger partial charge is 0.358 e. The van der Waals surface area contributed by atoms with Crippen LogP contribution in [0.25, 0.3) is 0 Å². The van der Waals surface area contributed by atoms with Crippen LogP contribution in [0.3, 0.4) is 0 Å². The van der Waals surface area contributed by atoms with Gasteiger partial charge in [0.25, 0.3) is 0 Å². The molecular formula is C15H23ClN4O2. The van der Waals surface area contributed by atoms with E-state index in [0.717, 1.165) is 5.56 Å². The molecule has 2 amide bonds. The zero-order valence-electron chi connectivity index (χ0n) is 12.7. The van der Waals surface area contributed by atoms with Crippen LogP contribution >= 0.6 is 12.4 Å². The molecule has 0 bridgehead atoms. The summed E-state index contributed by atoms with van der Waals surface area (Å²) in [5.74, 6) is -0.0587. The molecule has 0 spiro atoms. The minimum Gasteiger partial charge on any atom is -0.358 e. The maximum atomic E-state index is 12.4. The molecule has 1 saturated heterocycles. The Balaban J connectivity index is 0.00000242. The van der Waals surface area contributed by atoms with Gasteiger partial charge in [-0.25, -0.2) is 0 Å². The number of halogens is 1. The summed E-state index contributed by atoms with van der Waals surface area (Å²) in [5.41, 5.74) is 6.87. The van der Waals surface area contributed by atoms with E-state index >= 15 is 0 Å². The summed E-state index contributed by atoms with van der Waals surface area (Å²) < 4.78 is 0. The number of hydrogen-bond donors (Lipinski definition) is 2. The van der Waals surface area contributed by atoms with Crippen LogP contribution in [0.1, 0.15) is 11.6 Å². The van der Waals surface area contributed by atoms with Crippen molar-refractivity contribution in [3.8, 4) is 0 Å². The average Bonchev–Trinajstić information content (AvgIpc) is 2.55. The average molecular weight is 327 g/mol. The highest BCUT2D eigenvalue weighted by molar-refractivity contribution is 5.85. The van der Waals surface area contributed by atoms with Crippen LogP contribution in [0.2, 0.25) is 0 Å². The van der Waals surface area contributed by atoms with Crippen molar-refractivity contribution < 1.29 is 9.59 Å². The molecule has 3 N–H and O–H groups in total. The first-order chi connectivity index (χ1) is 10.1. The van der Waals surface area contributed by atoms with Gasteiger partial charge in [-0.1, -0.05) is 30.3 Å². The van der Waals surface area contributed by atoms with Gasteiger partial charge in [-0.2, -0.15) is 0 Å². The minimum atomic E-state index is -0.614. The normalized spacial score (nSPS) is 16.5. The van der Waals surface area contributed by atoms with Crippen LogP contribution in [0.4, 0.5) is 0 Å². The van der Waals surface area contributed by atoms with Crippen LogP contribution < -0.4 is 11.1 Å². The van der Waals surface area contributed by atoms with Gasteiger partial charge in [-0.05, 0) is 5.56 Å². The summed E-state index contributed by atoms with van der Waals surface area (Å²) in [7, 11) is 1.63. The molecule has 1 aromatic carbocycles. The lowest BCUT2D eigenvalue weighted by atomic mass is 10.1. The minimum absolute atomic E-state index is 0. The fraction of sp³-hybridized carbons (Fsp3) is 0.467. The Morgan fingerprint density at radius 2 is 1.77 bits per heavy atom. The number of nitrogens with one attached hydrogen (secondary N) is 1. The molecule has 1 unspecified atom stereocenters. The number of nitrogens with two attached hydrogens (primary N) is 1. The lowest BCUT2D eigenvalue weighted by molar-refractivity contribution is -0.134. The van der Waals surface area contributed by atoms with Gasteiger partial charge in [0.1, 0.15) is 6.04 Å². The Hall–Kier alpha value is -1.63. The van der Waals surface area contributed by atoms with E-state index < -0.39 is 6.04 Å². The molecular weight excluding hydrogens is 304 g/mol. The van der Waals surface area contributed by atoms with Crippen molar-refractivity contribution in [2.24, 2.45) is 5.73 Å². The number of benzene rings is 1. The molecule has 1 aliphatic rings. The van der Waals surface area contributed by atoms with Crippen LogP contribution in [0.15, 0.2) is 30.3 Å². The van der Waals surface area contributed by atoms with Crippen molar-refractivity contribution in [1.82, 2.24) is 15.1 Å². The third-order valence-corrected chi connectivity index (χ3v) is 3.75. The van der Waals surface area contributed by atoms with Gasteiger partial charge in [0.05, 0.1) is 6.54 Å². The van der Waals surface area contributed by atoms with E-state index in [9.17, 15) is 9.59 Å². The number of carbonyl (C=O) groups excluding carboxylic acids is 2. The summed E-state index contributed by atoms with van der Waals surface area (Å²) >= 11 is 0. The monoisotopic (exact) mass is 326 g/mol. The van der Waals surface area contributed by atoms with Gasteiger partial charge in [0.15, 0.2) is 0 Å². The lowest BCUT2D eigenvalue weighted by Gasteiger charge is -2.35. The summed E-state index contributed by atoms with van der Waals surface area (Å²) in [5, 5.41) is 2.60. The van der Waals surface area contributed by atoms with Crippen molar-refractivity contribution in [3.05, 3.63) is 35.9 Å². The number of hydrogen-bond acceptors (Lipinski definition) is 4. The predicted octanol–water partition coefficient (Wildman–Crippen LogP) is -0.00160. The number of nitrogens with zero attached hydrogens (tertiary/aromatic N) is 2. The van der Waals surface area contributed by atoms with Gasteiger partial charge in [-0.3, -0.25) is 14.5 Å². The number of rotatable bonds is 4. The molecule has 2 rings (SSSR count). The lowest BCUT2D eigenvalue weighted by Crippen LogP contribution is -2.52. The van der Waals surface area contributed by atoms with Gasteiger partial charge in [0, 0.05) is 33.2 Å². The molecule has 1 atom stereocenters. The number of piperazine rings is 1. The Morgan fingerprint density at radius 1 is 1.18 bits per heavy atom. The zero-order valence-corrected chi connectivity index (χ0v) is 13.5. The molecule has 0 aromatic heterocycles. The quantitative estimate of drug-likeness (QED) is 0.816. The molecule has 1 fully saturated rings.